The second-order valence-electron chi connectivity index (χ2n) is 5.47. The molecule has 0 aromatic heterocycles. The van der Waals surface area contributed by atoms with Crippen LogP contribution in [-0.4, -0.2) is 10.7 Å². The van der Waals surface area contributed by atoms with Gasteiger partial charge >= 0.3 is 0 Å². The number of unbranched alkanes of at least 4 members (excludes halogenated alkanes) is 8. The largest absolute Gasteiger partial charge is 0.390 e. The van der Waals surface area contributed by atoms with Crippen molar-refractivity contribution in [1.29, 1.82) is 0 Å². The predicted octanol–water partition coefficient (Wildman–Crippen LogP) is 4.84. The van der Waals surface area contributed by atoms with Crippen molar-refractivity contribution in [2.45, 2.75) is 83.7 Å². The van der Waals surface area contributed by atoms with Gasteiger partial charge in [-0.05, 0) is 33.1 Å². The SMILES string of the molecule is C=CCCCCCCCCCCC(C)(C)O. The lowest BCUT2D eigenvalue weighted by Crippen LogP contribution is -2.17. The van der Waals surface area contributed by atoms with E-state index in [1.54, 1.807) is 0 Å². The first-order valence-electron chi connectivity index (χ1n) is 6.89. The van der Waals surface area contributed by atoms with Crippen molar-refractivity contribution in [2.24, 2.45) is 0 Å². The first-order valence-corrected chi connectivity index (χ1v) is 6.89. The van der Waals surface area contributed by atoms with E-state index >= 15 is 0 Å². The molecule has 0 spiro atoms. The normalized spacial score (nSPS) is 11.7. The Morgan fingerprint density at radius 1 is 0.875 bits per heavy atom. The zero-order valence-corrected chi connectivity index (χ0v) is 11.3. The summed E-state index contributed by atoms with van der Waals surface area (Å²) in [4.78, 5) is 0. The molecule has 0 bridgehead atoms. The number of hydrogen-bond acceptors (Lipinski definition) is 1. The molecule has 96 valence electrons. The highest BCUT2D eigenvalue weighted by atomic mass is 16.3. The van der Waals surface area contributed by atoms with Gasteiger partial charge < -0.3 is 5.11 Å². The van der Waals surface area contributed by atoms with E-state index in [4.69, 9.17) is 0 Å². The van der Waals surface area contributed by atoms with Gasteiger partial charge in [-0.25, -0.2) is 0 Å². The van der Waals surface area contributed by atoms with Crippen molar-refractivity contribution < 1.29 is 5.11 Å². The maximum Gasteiger partial charge on any atom is 0.0591 e. The van der Waals surface area contributed by atoms with Crippen LogP contribution in [0.2, 0.25) is 0 Å². The van der Waals surface area contributed by atoms with Gasteiger partial charge in [0.1, 0.15) is 0 Å². The zero-order valence-electron chi connectivity index (χ0n) is 11.3. The molecule has 0 aromatic carbocycles. The van der Waals surface area contributed by atoms with E-state index in [1.807, 2.05) is 19.9 Å². The Kier molecular flexibility index (Phi) is 9.71. The minimum atomic E-state index is -0.468. The third-order valence-corrected chi connectivity index (χ3v) is 2.95. The van der Waals surface area contributed by atoms with E-state index in [-0.39, 0.29) is 0 Å². The molecule has 0 atom stereocenters. The molecule has 0 unspecified atom stereocenters. The van der Waals surface area contributed by atoms with Gasteiger partial charge in [0.25, 0.3) is 0 Å². The average Bonchev–Trinajstić information content (AvgIpc) is 2.19. The standard InChI is InChI=1S/C15H30O/c1-4-5-6-7-8-9-10-11-12-13-14-15(2,3)16/h4,16H,1,5-14H2,2-3H3. The average molecular weight is 226 g/mol. The second-order valence-corrected chi connectivity index (χ2v) is 5.47. The Morgan fingerprint density at radius 3 is 1.75 bits per heavy atom. The molecule has 0 aromatic rings. The number of hydrogen-bond donors (Lipinski definition) is 1. The summed E-state index contributed by atoms with van der Waals surface area (Å²) in [6.07, 6.45) is 14.7. The van der Waals surface area contributed by atoms with Gasteiger partial charge in [0.15, 0.2) is 0 Å². The lowest BCUT2D eigenvalue weighted by Gasteiger charge is -2.16. The molecule has 0 aliphatic heterocycles. The smallest absolute Gasteiger partial charge is 0.0591 e. The fourth-order valence-electron chi connectivity index (χ4n) is 1.91. The minimum absolute atomic E-state index is 0.468. The van der Waals surface area contributed by atoms with Crippen molar-refractivity contribution >= 4 is 0 Å². The van der Waals surface area contributed by atoms with E-state index in [0.717, 1.165) is 6.42 Å². The van der Waals surface area contributed by atoms with E-state index in [9.17, 15) is 5.11 Å². The Labute approximate surface area is 102 Å². The van der Waals surface area contributed by atoms with Gasteiger partial charge in [-0.15, -0.1) is 6.58 Å². The van der Waals surface area contributed by atoms with Crippen LogP contribution in [0.4, 0.5) is 0 Å². The predicted molar refractivity (Wildman–Crippen MR) is 72.7 cm³/mol. The quantitative estimate of drug-likeness (QED) is 0.394. The fraction of sp³-hybridized carbons (Fsp3) is 0.867. The van der Waals surface area contributed by atoms with Crippen LogP contribution in [0.15, 0.2) is 12.7 Å². The topological polar surface area (TPSA) is 20.2 Å². The van der Waals surface area contributed by atoms with Crippen LogP contribution >= 0.6 is 0 Å². The van der Waals surface area contributed by atoms with Gasteiger partial charge in [-0.1, -0.05) is 51.0 Å². The third kappa shape index (κ3) is 13.7. The third-order valence-electron chi connectivity index (χ3n) is 2.95. The molecule has 0 aliphatic rings. The van der Waals surface area contributed by atoms with E-state index < -0.39 is 5.60 Å². The second kappa shape index (κ2) is 9.89. The van der Waals surface area contributed by atoms with Crippen molar-refractivity contribution in [2.75, 3.05) is 0 Å². The van der Waals surface area contributed by atoms with Crippen LogP contribution in [0.1, 0.15) is 78.1 Å². The summed E-state index contributed by atoms with van der Waals surface area (Å²) >= 11 is 0. The van der Waals surface area contributed by atoms with E-state index in [1.165, 1.54) is 57.8 Å². The molecule has 0 fully saturated rings. The molecular weight excluding hydrogens is 196 g/mol. The molecule has 0 saturated carbocycles. The molecule has 1 N–H and O–H groups in total. The molecule has 1 heteroatoms. The number of aliphatic hydroxyl groups is 1. The molecule has 0 rings (SSSR count). The molecule has 0 radical (unpaired) electrons. The van der Waals surface area contributed by atoms with Gasteiger partial charge in [-0.2, -0.15) is 0 Å². The highest BCUT2D eigenvalue weighted by molar-refractivity contribution is 4.65. The molecule has 0 amide bonds. The Morgan fingerprint density at radius 2 is 1.31 bits per heavy atom. The van der Waals surface area contributed by atoms with Crippen molar-refractivity contribution in [3.8, 4) is 0 Å². The molecule has 0 saturated heterocycles. The fourth-order valence-corrected chi connectivity index (χ4v) is 1.91. The zero-order chi connectivity index (χ0) is 12.3. The van der Waals surface area contributed by atoms with Crippen LogP contribution in [0.5, 0.6) is 0 Å². The lowest BCUT2D eigenvalue weighted by molar-refractivity contribution is 0.0680. The Hall–Kier alpha value is -0.300. The molecule has 0 heterocycles. The van der Waals surface area contributed by atoms with Gasteiger partial charge in [-0.3, -0.25) is 0 Å². The molecule has 16 heavy (non-hydrogen) atoms. The maximum absolute atomic E-state index is 9.53. The summed E-state index contributed by atoms with van der Waals surface area (Å²) in [5.74, 6) is 0. The van der Waals surface area contributed by atoms with Crippen LogP contribution in [-0.2, 0) is 0 Å². The summed E-state index contributed by atoms with van der Waals surface area (Å²) in [6.45, 7) is 7.52. The van der Waals surface area contributed by atoms with Crippen LogP contribution < -0.4 is 0 Å². The molecule has 0 aliphatic carbocycles. The van der Waals surface area contributed by atoms with Crippen LogP contribution in [0, 0.1) is 0 Å². The summed E-state index contributed by atoms with van der Waals surface area (Å²) in [7, 11) is 0. The summed E-state index contributed by atoms with van der Waals surface area (Å²) in [6, 6.07) is 0. The number of allylic oxidation sites excluding steroid dienone is 1. The first kappa shape index (κ1) is 15.7. The monoisotopic (exact) mass is 226 g/mol. The van der Waals surface area contributed by atoms with Gasteiger partial charge in [0, 0.05) is 0 Å². The maximum atomic E-state index is 9.53. The molecule has 1 nitrogen and oxygen atoms in total. The summed E-state index contributed by atoms with van der Waals surface area (Å²) in [5, 5.41) is 9.53. The minimum Gasteiger partial charge on any atom is -0.390 e. The van der Waals surface area contributed by atoms with E-state index in [2.05, 4.69) is 6.58 Å². The van der Waals surface area contributed by atoms with Crippen LogP contribution in [0.3, 0.4) is 0 Å². The summed E-state index contributed by atoms with van der Waals surface area (Å²) < 4.78 is 0. The first-order chi connectivity index (χ1) is 7.56. The van der Waals surface area contributed by atoms with Crippen molar-refractivity contribution in [1.82, 2.24) is 0 Å². The van der Waals surface area contributed by atoms with Crippen LogP contribution in [0.25, 0.3) is 0 Å². The lowest BCUT2D eigenvalue weighted by atomic mass is 9.99. The molecular formula is C15H30O. The highest BCUT2D eigenvalue weighted by Crippen LogP contribution is 2.15. The van der Waals surface area contributed by atoms with Crippen molar-refractivity contribution in [3.63, 3.8) is 0 Å². The van der Waals surface area contributed by atoms with Gasteiger partial charge in [0.2, 0.25) is 0 Å². The number of rotatable bonds is 11. The Balaban J connectivity index is 3.01. The van der Waals surface area contributed by atoms with Gasteiger partial charge in [0.05, 0.1) is 5.60 Å². The highest BCUT2D eigenvalue weighted by Gasteiger charge is 2.10. The Bertz CT molecular complexity index is 155. The van der Waals surface area contributed by atoms with E-state index in [0.29, 0.717) is 0 Å². The van der Waals surface area contributed by atoms with Crippen molar-refractivity contribution in [3.05, 3.63) is 12.7 Å². The summed E-state index contributed by atoms with van der Waals surface area (Å²) in [5.41, 5.74) is -0.468.